The molecule has 0 bridgehead atoms. The van der Waals surface area contributed by atoms with Gasteiger partial charge < -0.3 is 20.8 Å². The molecule has 1 heterocycles. The second-order valence-corrected chi connectivity index (χ2v) is 4.26. The summed E-state index contributed by atoms with van der Waals surface area (Å²) in [6.45, 7) is 0.344. The minimum Gasteiger partial charge on any atom is -0.409 e. The molecule has 1 aromatic heterocycles. The van der Waals surface area contributed by atoms with Crippen LogP contribution in [0.1, 0.15) is 21.6 Å². The maximum atomic E-state index is 11.9. The van der Waals surface area contributed by atoms with Crippen molar-refractivity contribution in [3.8, 4) is 0 Å². The van der Waals surface area contributed by atoms with Gasteiger partial charge in [0.25, 0.3) is 5.91 Å². The van der Waals surface area contributed by atoms with Crippen molar-refractivity contribution in [3.05, 3.63) is 53.6 Å². The van der Waals surface area contributed by atoms with Gasteiger partial charge in [0.15, 0.2) is 5.84 Å². The molecule has 0 fully saturated rings. The molecule has 7 heteroatoms. The average Bonchev–Trinajstić information content (AvgIpc) is 2.90. The summed E-state index contributed by atoms with van der Waals surface area (Å²) in [6.07, 6.45) is 3.07. The zero-order valence-electron chi connectivity index (χ0n) is 10.9. The number of carbonyl (C=O) groups is 1. The fourth-order valence-electron chi connectivity index (χ4n) is 1.75. The Morgan fingerprint density at radius 2 is 2.35 bits per heavy atom. The van der Waals surface area contributed by atoms with Crippen LogP contribution in [0, 0.1) is 0 Å². The number of imidazole rings is 1. The number of benzene rings is 1. The van der Waals surface area contributed by atoms with Crippen molar-refractivity contribution < 1.29 is 10.0 Å². The standard InChI is InChI=1S/C13H15N5O2/c1-18-8-15-7-11(18)13(19)16-6-9-3-2-4-10(5-9)12(14)17-20/h2-5,7-8,20H,6H2,1H3,(H2,14,17)(H,16,19). The third-order valence-corrected chi connectivity index (χ3v) is 2.83. The molecule has 104 valence electrons. The Bertz CT molecular complexity index is 648. The van der Waals surface area contributed by atoms with E-state index in [0.717, 1.165) is 5.56 Å². The Morgan fingerprint density at radius 1 is 1.55 bits per heavy atom. The molecule has 0 saturated heterocycles. The van der Waals surface area contributed by atoms with Crippen LogP contribution in [0.25, 0.3) is 0 Å². The van der Waals surface area contributed by atoms with Gasteiger partial charge in [-0.15, -0.1) is 0 Å². The van der Waals surface area contributed by atoms with Crippen LogP contribution in [0.4, 0.5) is 0 Å². The van der Waals surface area contributed by atoms with Gasteiger partial charge in [0.05, 0.1) is 12.5 Å². The number of amides is 1. The Hall–Kier alpha value is -2.83. The van der Waals surface area contributed by atoms with E-state index in [4.69, 9.17) is 10.9 Å². The van der Waals surface area contributed by atoms with Crippen molar-refractivity contribution in [1.82, 2.24) is 14.9 Å². The number of amidine groups is 1. The molecule has 0 radical (unpaired) electrons. The van der Waals surface area contributed by atoms with Crippen LogP contribution < -0.4 is 11.1 Å². The Balaban J connectivity index is 2.05. The summed E-state index contributed by atoms with van der Waals surface area (Å²) < 4.78 is 1.64. The molecule has 7 nitrogen and oxygen atoms in total. The summed E-state index contributed by atoms with van der Waals surface area (Å²) in [5.74, 6) is -0.177. The molecule has 2 aromatic rings. The van der Waals surface area contributed by atoms with Gasteiger partial charge in [-0.05, 0) is 11.6 Å². The largest absolute Gasteiger partial charge is 0.409 e. The van der Waals surface area contributed by atoms with E-state index in [9.17, 15) is 4.79 Å². The zero-order chi connectivity index (χ0) is 14.5. The van der Waals surface area contributed by atoms with Crippen molar-refractivity contribution in [2.45, 2.75) is 6.54 Å². The smallest absolute Gasteiger partial charge is 0.269 e. The third-order valence-electron chi connectivity index (χ3n) is 2.83. The van der Waals surface area contributed by atoms with E-state index < -0.39 is 0 Å². The molecule has 1 aromatic carbocycles. The second-order valence-electron chi connectivity index (χ2n) is 4.26. The van der Waals surface area contributed by atoms with Crippen LogP contribution >= 0.6 is 0 Å². The van der Waals surface area contributed by atoms with Crippen molar-refractivity contribution in [2.75, 3.05) is 0 Å². The van der Waals surface area contributed by atoms with E-state index in [1.807, 2.05) is 6.07 Å². The molecular formula is C13H15N5O2. The lowest BCUT2D eigenvalue weighted by molar-refractivity contribution is 0.0942. The average molecular weight is 273 g/mol. The summed E-state index contributed by atoms with van der Waals surface area (Å²) in [5.41, 5.74) is 7.45. The fourth-order valence-corrected chi connectivity index (χ4v) is 1.75. The highest BCUT2D eigenvalue weighted by atomic mass is 16.4. The van der Waals surface area contributed by atoms with E-state index in [2.05, 4.69) is 15.5 Å². The van der Waals surface area contributed by atoms with Crippen LogP contribution in [-0.4, -0.2) is 26.5 Å². The van der Waals surface area contributed by atoms with E-state index >= 15 is 0 Å². The third kappa shape index (κ3) is 2.94. The predicted octanol–water partition coefficient (Wildman–Crippen LogP) is 0.445. The SMILES string of the molecule is Cn1cncc1C(=O)NCc1cccc(/C(N)=N/O)c1. The normalized spacial score (nSPS) is 11.3. The summed E-state index contributed by atoms with van der Waals surface area (Å²) in [4.78, 5) is 15.8. The maximum absolute atomic E-state index is 11.9. The number of aromatic nitrogens is 2. The van der Waals surface area contributed by atoms with Gasteiger partial charge in [-0.25, -0.2) is 4.98 Å². The number of hydrogen-bond donors (Lipinski definition) is 3. The fraction of sp³-hybridized carbons (Fsp3) is 0.154. The molecule has 1 amide bonds. The second kappa shape index (κ2) is 5.87. The molecular weight excluding hydrogens is 258 g/mol. The molecule has 0 spiro atoms. The molecule has 0 aliphatic carbocycles. The first kappa shape index (κ1) is 13.6. The van der Waals surface area contributed by atoms with Crippen LogP contribution in [0.2, 0.25) is 0 Å². The lowest BCUT2D eigenvalue weighted by Gasteiger charge is -2.07. The molecule has 0 atom stereocenters. The highest BCUT2D eigenvalue weighted by molar-refractivity contribution is 5.97. The first-order valence-corrected chi connectivity index (χ1v) is 5.93. The van der Waals surface area contributed by atoms with Crippen molar-refractivity contribution in [3.63, 3.8) is 0 Å². The van der Waals surface area contributed by atoms with Gasteiger partial charge in [-0.1, -0.05) is 23.4 Å². The zero-order valence-corrected chi connectivity index (χ0v) is 10.9. The van der Waals surface area contributed by atoms with Gasteiger partial charge in [0.2, 0.25) is 0 Å². The minimum atomic E-state index is -0.209. The van der Waals surface area contributed by atoms with E-state index in [0.29, 0.717) is 17.8 Å². The minimum absolute atomic E-state index is 0.0322. The van der Waals surface area contributed by atoms with Crippen molar-refractivity contribution in [1.29, 1.82) is 0 Å². The van der Waals surface area contributed by atoms with Gasteiger partial charge in [0.1, 0.15) is 5.69 Å². The summed E-state index contributed by atoms with van der Waals surface area (Å²) in [7, 11) is 1.75. The highest BCUT2D eigenvalue weighted by Gasteiger charge is 2.09. The quantitative estimate of drug-likeness (QED) is 0.325. The van der Waals surface area contributed by atoms with E-state index in [1.165, 1.54) is 6.20 Å². The lowest BCUT2D eigenvalue weighted by Crippen LogP contribution is -2.25. The van der Waals surface area contributed by atoms with E-state index in [1.54, 1.807) is 36.1 Å². The number of oxime groups is 1. The number of rotatable bonds is 4. The molecule has 20 heavy (non-hydrogen) atoms. The summed E-state index contributed by atoms with van der Waals surface area (Å²) in [5, 5.41) is 14.4. The number of nitrogens with one attached hydrogen (secondary N) is 1. The van der Waals surface area contributed by atoms with Crippen molar-refractivity contribution >= 4 is 11.7 Å². The van der Waals surface area contributed by atoms with Crippen LogP contribution in [0.5, 0.6) is 0 Å². The summed E-state index contributed by atoms with van der Waals surface area (Å²) in [6, 6.07) is 7.09. The molecule has 0 aliphatic heterocycles. The maximum Gasteiger partial charge on any atom is 0.269 e. The number of carbonyl (C=O) groups excluding carboxylic acids is 1. The number of aryl methyl sites for hydroxylation is 1. The Kier molecular flexibility index (Phi) is 3.99. The van der Waals surface area contributed by atoms with Gasteiger partial charge in [0, 0.05) is 19.2 Å². The Labute approximate surface area is 115 Å². The first-order chi connectivity index (χ1) is 9.61. The van der Waals surface area contributed by atoms with Gasteiger partial charge in [-0.3, -0.25) is 4.79 Å². The van der Waals surface area contributed by atoms with Crippen LogP contribution in [-0.2, 0) is 13.6 Å². The highest BCUT2D eigenvalue weighted by Crippen LogP contribution is 2.05. The van der Waals surface area contributed by atoms with Crippen LogP contribution in [0.15, 0.2) is 41.9 Å². The Morgan fingerprint density at radius 3 is 3.00 bits per heavy atom. The van der Waals surface area contributed by atoms with E-state index in [-0.39, 0.29) is 11.7 Å². The topological polar surface area (TPSA) is 106 Å². The molecule has 0 unspecified atom stereocenters. The number of nitrogens with zero attached hydrogens (tertiary/aromatic N) is 3. The molecule has 0 saturated carbocycles. The monoisotopic (exact) mass is 273 g/mol. The number of hydrogen-bond acceptors (Lipinski definition) is 4. The molecule has 4 N–H and O–H groups in total. The first-order valence-electron chi connectivity index (χ1n) is 5.93. The van der Waals surface area contributed by atoms with Crippen molar-refractivity contribution in [2.24, 2.45) is 17.9 Å². The van der Waals surface area contributed by atoms with Gasteiger partial charge >= 0.3 is 0 Å². The lowest BCUT2D eigenvalue weighted by atomic mass is 10.1. The molecule has 2 rings (SSSR count). The predicted molar refractivity (Wildman–Crippen MR) is 73.3 cm³/mol. The summed E-state index contributed by atoms with van der Waals surface area (Å²) >= 11 is 0. The van der Waals surface area contributed by atoms with Gasteiger partial charge in [-0.2, -0.15) is 0 Å². The van der Waals surface area contributed by atoms with Crippen LogP contribution in [0.3, 0.4) is 0 Å². The molecule has 0 aliphatic rings. The number of nitrogens with two attached hydrogens (primary N) is 1.